The van der Waals surface area contributed by atoms with Crippen LogP contribution in [0.25, 0.3) is 0 Å². The molecule has 2 aliphatic rings. The summed E-state index contributed by atoms with van der Waals surface area (Å²) in [6.45, 7) is 10.3. The first-order valence-corrected chi connectivity index (χ1v) is 8.57. The van der Waals surface area contributed by atoms with E-state index in [2.05, 4.69) is 26.1 Å². The average Bonchev–Trinajstić information content (AvgIpc) is 2.46. The Balaban J connectivity index is 1.84. The molecular weight excluding hydrogens is 280 g/mol. The molecule has 1 saturated heterocycles. The van der Waals surface area contributed by atoms with Crippen LogP contribution in [-0.4, -0.2) is 60.9 Å². The zero-order valence-electron chi connectivity index (χ0n) is 14.4. The van der Waals surface area contributed by atoms with Crippen molar-refractivity contribution >= 4 is 5.91 Å². The third-order valence-corrected chi connectivity index (χ3v) is 4.96. The van der Waals surface area contributed by atoms with Gasteiger partial charge in [0.1, 0.15) is 0 Å². The van der Waals surface area contributed by atoms with Gasteiger partial charge in [-0.25, -0.2) is 0 Å². The molecule has 0 aromatic rings. The van der Waals surface area contributed by atoms with Gasteiger partial charge in [0.15, 0.2) is 0 Å². The van der Waals surface area contributed by atoms with E-state index in [0.29, 0.717) is 45.2 Å². The van der Waals surface area contributed by atoms with Gasteiger partial charge in [0, 0.05) is 31.6 Å². The van der Waals surface area contributed by atoms with Crippen molar-refractivity contribution in [2.75, 3.05) is 39.5 Å². The van der Waals surface area contributed by atoms with Gasteiger partial charge in [-0.1, -0.05) is 20.8 Å². The lowest BCUT2D eigenvalue weighted by Crippen LogP contribution is -2.56. The summed E-state index contributed by atoms with van der Waals surface area (Å²) in [4.78, 5) is 14.1. The summed E-state index contributed by atoms with van der Waals surface area (Å²) in [5.41, 5.74) is 0.00801. The Hall–Kier alpha value is -0.650. The molecule has 2 N–H and O–H groups in total. The van der Waals surface area contributed by atoms with E-state index < -0.39 is 0 Å². The van der Waals surface area contributed by atoms with Crippen molar-refractivity contribution in [2.45, 2.75) is 52.0 Å². The summed E-state index contributed by atoms with van der Waals surface area (Å²) in [6.07, 6.45) is 3.64. The number of morpholine rings is 1. The maximum Gasteiger partial charge on any atom is 0.224 e. The van der Waals surface area contributed by atoms with Gasteiger partial charge in [0.2, 0.25) is 5.91 Å². The third-order valence-electron chi connectivity index (χ3n) is 4.96. The van der Waals surface area contributed by atoms with Crippen LogP contribution in [0.3, 0.4) is 0 Å². The number of rotatable bonds is 5. The molecule has 128 valence electrons. The highest BCUT2D eigenvalue weighted by Gasteiger charge is 2.42. The molecule has 2 unspecified atom stereocenters. The fourth-order valence-electron chi connectivity index (χ4n) is 4.46. The molecule has 2 rings (SSSR count). The van der Waals surface area contributed by atoms with Crippen molar-refractivity contribution in [3.8, 4) is 0 Å². The van der Waals surface area contributed by atoms with Gasteiger partial charge in [-0.3, -0.25) is 4.79 Å². The molecular formula is C17H32N2O3. The summed E-state index contributed by atoms with van der Waals surface area (Å²) >= 11 is 0. The Labute approximate surface area is 134 Å². The molecule has 2 fully saturated rings. The predicted molar refractivity (Wildman–Crippen MR) is 86.6 cm³/mol. The maximum atomic E-state index is 12.2. The fourth-order valence-corrected chi connectivity index (χ4v) is 4.46. The SMILES string of the molecule is CC1CC(C)(C)CC(CO)(NCCC(=O)N2CCOCC2)C1. The summed E-state index contributed by atoms with van der Waals surface area (Å²) < 4.78 is 5.28. The van der Waals surface area contributed by atoms with E-state index in [0.717, 1.165) is 12.8 Å². The van der Waals surface area contributed by atoms with Gasteiger partial charge in [0.05, 0.1) is 19.8 Å². The van der Waals surface area contributed by atoms with Gasteiger partial charge < -0.3 is 20.1 Å². The number of aliphatic hydroxyl groups excluding tert-OH is 1. The van der Waals surface area contributed by atoms with E-state index in [1.54, 1.807) is 0 Å². The van der Waals surface area contributed by atoms with Crippen LogP contribution in [0.1, 0.15) is 46.5 Å². The Morgan fingerprint density at radius 3 is 2.59 bits per heavy atom. The van der Waals surface area contributed by atoms with E-state index in [4.69, 9.17) is 4.74 Å². The second-order valence-corrected chi connectivity index (χ2v) is 7.96. The Kier molecular flexibility index (Phi) is 5.86. The molecule has 0 aromatic heterocycles. The summed E-state index contributed by atoms with van der Waals surface area (Å²) in [7, 11) is 0. The van der Waals surface area contributed by atoms with Crippen molar-refractivity contribution in [3.63, 3.8) is 0 Å². The van der Waals surface area contributed by atoms with E-state index in [1.807, 2.05) is 4.90 Å². The lowest BCUT2D eigenvalue weighted by Gasteiger charge is -2.47. The standard InChI is InChI=1S/C17H32N2O3/c1-14-10-16(2,3)12-17(11-14,13-20)18-5-4-15(21)19-6-8-22-9-7-19/h14,18,20H,4-13H2,1-3H3. The fraction of sp³-hybridized carbons (Fsp3) is 0.941. The lowest BCUT2D eigenvalue weighted by molar-refractivity contribution is -0.135. The number of hydrogen-bond donors (Lipinski definition) is 2. The van der Waals surface area contributed by atoms with E-state index in [9.17, 15) is 9.90 Å². The number of hydrogen-bond acceptors (Lipinski definition) is 4. The van der Waals surface area contributed by atoms with Crippen LogP contribution < -0.4 is 5.32 Å². The third kappa shape index (κ3) is 4.67. The highest BCUT2D eigenvalue weighted by molar-refractivity contribution is 5.76. The second-order valence-electron chi connectivity index (χ2n) is 7.96. The monoisotopic (exact) mass is 312 g/mol. The van der Waals surface area contributed by atoms with Crippen molar-refractivity contribution < 1.29 is 14.6 Å². The molecule has 1 amide bonds. The van der Waals surface area contributed by atoms with Crippen LogP contribution in [-0.2, 0) is 9.53 Å². The van der Waals surface area contributed by atoms with Crippen molar-refractivity contribution in [1.29, 1.82) is 0 Å². The minimum atomic E-state index is -0.230. The minimum absolute atomic E-state index is 0.145. The van der Waals surface area contributed by atoms with E-state index >= 15 is 0 Å². The van der Waals surface area contributed by atoms with Crippen molar-refractivity contribution in [3.05, 3.63) is 0 Å². The Morgan fingerprint density at radius 2 is 2.00 bits per heavy atom. The molecule has 1 heterocycles. The normalized spacial score (nSPS) is 32.0. The number of carbonyl (C=O) groups is 1. The van der Waals surface area contributed by atoms with Gasteiger partial charge in [0.25, 0.3) is 0 Å². The molecule has 0 bridgehead atoms. The number of aliphatic hydroxyl groups is 1. The smallest absolute Gasteiger partial charge is 0.224 e. The van der Waals surface area contributed by atoms with Crippen LogP contribution in [0, 0.1) is 11.3 Å². The van der Waals surface area contributed by atoms with Gasteiger partial charge in [-0.05, 0) is 30.6 Å². The first-order chi connectivity index (χ1) is 10.4. The summed E-state index contributed by atoms with van der Waals surface area (Å²) in [5, 5.41) is 13.4. The van der Waals surface area contributed by atoms with Crippen LogP contribution in [0.2, 0.25) is 0 Å². The average molecular weight is 312 g/mol. The summed E-state index contributed by atoms with van der Waals surface area (Å²) in [5.74, 6) is 0.783. The number of amides is 1. The van der Waals surface area contributed by atoms with Crippen LogP contribution in [0.4, 0.5) is 0 Å². The molecule has 1 saturated carbocycles. The van der Waals surface area contributed by atoms with Crippen LogP contribution in [0.15, 0.2) is 0 Å². The van der Waals surface area contributed by atoms with Gasteiger partial charge in [-0.2, -0.15) is 0 Å². The Bertz CT molecular complexity index is 380. The maximum absolute atomic E-state index is 12.2. The summed E-state index contributed by atoms with van der Waals surface area (Å²) in [6, 6.07) is 0. The van der Waals surface area contributed by atoms with Crippen LogP contribution >= 0.6 is 0 Å². The number of ether oxygens (including phenoxy) is 1. The zero-order chi connectivity index (χ0) is 16.2. The molecule has 5 nitrogen and oxygen atoms in total. The molecule has 0 aromatic carbocycles. The highest BCUT2D eigenvalue weighted by atomic mass is 16.5. The zero-order valence-corrected chi connectivity index (χ0v) is 14.4. The quantitative estimate of drug-likeness (QED) is 0.805. The highest BCUT2D eigenvalue weighted by Crippen LogP contribution is 2.43. The lowest BCUT2D eigenvalue weighted by atomic mass is 9.64. The number of carbonyl (C=O) groups excluding carboxylic acids is 1. The molecule has 0 radical (unpaired) electrons. The predicted octanol–water partition coefficient (Wildman–Crippen LogP) is 1.40. The van der Waals surface area contributed by atoms with Crippen molar-refractivity contribution in [2.24, 2.45) is 11.3 Å². The van der Waals surface area contributed by atoms with Gasteiger partial charge >= 0.3 is 0 Å². The topological polar surface area (TPSA) is 61.8 Å². The minimum Gasteiger partial charge on any atom is -0.394 e. The van der Waals surface area contributed by atoms with Crippen molar-refractivity contribution in [1.82, 2.24) is 10.2 Å². The molecule has 1 aliphatic heterocycles. The largest absolute Gasteiger partial charge is 0.394 e. The molecule has 0 spiro atoms. The van der Waals surface area contributed by atoms with Gasteiger partial charge in [-0.15, -0.1) is 0 Å². The van der Waals surface area contributed by atoms with Crippen LogP contribution in [0.5, 0.6) is 0 Å². The molecule has 5 heteroatoms. The second kappa shape index (κ2) is 7.28. The molecule has 2 atom stereocenters. The first-order valence-electron chi connectivity index (χ1n) is 8.57. The number of nitrogens with one attached hydrogen (secondary N) is 1. The van der Waals surface area contributed by atoms with E-state index in [1.165, 1.54) is 6.42 Å². The molecule has 1 aliphatic carbocycles. The number of nitrogens with zero attached hydrogens (tertiary/aromatic N) is 1. The first kappa shape index (κ1) is 17.7. The Morgan fingerprint density at radius 1 is 1.32 bits per heavy atom. The van der Waals surface area contributed by atoms with E-state index in [-0.39, 0.29) is 23.5 Å². The molecule has 22 heavy (non-hydrogen) atoms.